The average Bonchev–Trinajstić information content (AvgIpc) is 3.06. The Kier molecular flexibility index (Phi) is 6.23. The number of aryl methyl sites for hydroxylation is 1. The third-order valence-corrected chi connectivity index (χ3v) is 6.76. The lowest BCUT2D eigenvalue weighted by molar-refractivity contribution is -0.0396. The molecule has 2 aromatic rings. The van der Waals surface area contributed by atoms with E-state index in [0.717, 1.165) is 54.8 Å². The highest BCUT2D eigenvalue weighted by molar-refractivity contribution is 7.19. The van der Waals surface area contributed by atoms with Gasteiger partial charge in [0.1, 0.15) is 16.4 Å². The van der Waals surface area contributed by atoms with Crippen LogP contribution in [0.4, 0.5) is 11.5 Å². The number of rotatable bonds is 5. The molecular formula is C23H32N4O3S. The predicted octanol–water partition coefficient (Wildman–Crippen LogP) is 4.39. The number of hydrogen-bond acceptors (Lipinski definition) is 7. The van der Waals surface area contributed by atoms with Crippen molar-refractivity contribution in [1.82, 2.24) is 9.88 Å². The Morgan fingerprint density at radius 3 is 2.74 bits per heavy atom. The Hall–Kier alpha value is -2.16. The standard InChI is InChI=1S/C23H32N4O3S/c1-15(28-6)12-26(5)14-24-20-16(2)31-22-19(20)17-11-23(3,4)30-13-18(17)21(25-22)27-7-9-29-10-8-27/h12,14H,7-11,13H2,1-6H3/b15-12-,24-14?. The lowest BCUT2D eigenvalue weighted by Crippen LogP contribution is -2.39. The van der Waals surface area contributed by atoms with Crippen LogP contribution in [-0.2, 0) is 27.2 Å². The zero-order valence-corrected chi connectivity index (χ0v) is 20.1. The average molecular weight is 445 g/mol. The van der Waals surface area contributed by atoms with Gasteiger partial charge in [0.2, 0.25) is 0 Å². The van der Waals surface area contributed by atoms with E-state index in [9.17, 15) is 0 Å². The molecule has 7 nitrogen and oxygen atoms in total. The smallest absolute Gasteiger partial charge is 0.136 e. The molecule has 0 N–H and O–H groups in total. The molecule has 0 aliphatic carbocycles. The zero-order chi connectivity index (χ0) is 22.2. The lowest BCUT2D eigenvalue weighted by atomic mass is 9.89. The molecule has 2 aromatic heterocycles. The topological polar surface area (TPSA) is 59.4 Å². The number of allylic oxidation sites excluding steroid dienone is 1. The molecule has 0 bridgehead atoms. The number of morpholine rings is 1. The number of hydrogen-bond donors (Lipinski definition) is 0. The molecule has 0 spiro atoms. The fourth-order valence-electron chi connectivity index (χ4n) is 4.13. The van der Waals surface area contributed by atoms with E-state index in [1.165, 1.54) is 21.4 Å². The van der Waals surface area contributed by atoms with E-state index in [0.29, 0.717) is 6.61 Å². The highest BCUT2D eigenvalue weighted by atomic mass is 32.1. The molecule has 4 heterocycles. The molecule has 0 atom stereocenters. The van der Waals surface area contributed by atoms with Crippen LogP contribution in [-0.4, -0.2) is 62.3 Å². The molecule has 4 rings (SSSR count). The Balaban J connectivity index is 1.83. The van der Waals surface area contributed by atoms with Gasteiger partial charge in [-0.3, -0.25) is 0 Å². The van der Waals surface area contributed by atoms with Crippen LogP contribution in [0.2, 0.25) is 0 Å². The molecule has 168 valence electrons. The molecule has 0 radical (unpaired) electrons. The van der Waals surface area contributed by atoms with Crippen molar-refractivity contribution >= 4 is 39.4 Å². The first-order chi connectivity index (χ1) is 14.8. The fraction of sp³-hybridized carbons (Fsp3) is 0.565. The Bertz CT molecular complexity index is 1020. The molecule has 0 amide bonds. The number of aromatic nitrogens is 1. The number of thiophene rings is 1. The van der Waals surface area contributed by atoms with E-state index in [1.807, 2.05) is 31.4 Å². The van der Waals surface area contributed by atoms with Crippen molar-refractivity contribution in [1.29, 1.82) is 0 Å². The molecule has 0 unspecified atom stereocenters. The van der Waals surface area contributed by atoms with Crippen molar-refractivity contribution in [3.63, 3.8) is 0 Å². The van der Waals surface area contributed by atoms with E-state index in [4.69, 9.17) is 24.2 Å². The second-order valence-electron chi connectivity index (χ2n) is 8.76. The van der Waals surface area contributed by atoms with Gasteiger partial charge in [-0.15, -0.1) is 11.3 Å². The van der Waals surface area contributed by atoms with Gasteiger partial charge in [0.05, 0.1) is 44.6 Å². The molecule has 0 saturated carbocycles. The van der Waals surface area contributed by atoms with E-state index >= 15 is 0 Å². The van der Waals surface area contributed by atoms with Crippen molar-refractivity contribution in [3.8, 4) is 0 Å². The predicted molar refractivity (Wildman–Crippen MR) is 127 cm³/mol. The number of pyridine rings is 1. The van der Waals surface area contributed by atoms with Crippen LogP contribution in [0.5, 0.6) is 0 Å². The van der Waals surface area contributed by atoms with Crippen LogP contribution >= 0.6 is 11.3 Å². The van der Waals surface area contributed by atoms with Gasteiger partial charge in [-0.25, -0.2) is 9.98 Å². The number of nitrogens with zero attached hydrogens (tertiary/aromatic N) is 4. The SMILES string of the molecule is CO/C(C)=C\N(C)C=Nc1c(C)sc2nc(N3CCOCC3)c3c(c12)CC(C)(C)OC3. The number of aliphatic imine (C=N–C) groups is 1. The molecule has 0 aromatic carbocycles. The third-order valence-electron chi connectivity index (χ3n) is 5.77. The first-order valence-corrected chi connectivity index (χ1v) is 11.5. The van der Waals surface area contributed by atoms with Crippen LogP contribution in [0.25, 0.3) is 10.2 Å². The maximum Gasteiger partial charge on any atom is 0.136 e. The number of anilines is 1. The highest BCUT2D eigenvalue weighted by Gasteiger charge is 2.33. The number of ether oxygens (including phenoxy) is 3. The molecule has 1 saturated heterocycles. The monoisotopic (exact) mass is 444 g/mol. The minimum atomic E-state index is -0.213. The van der Waals surface area contributed by atoms with Crippen molar-refractivity contribution in [2.75, 3.05) is 45.4 Å². The van der Waals surface area contributed by atoms with E-state index in [2.05, 4.69) is 25.7 Å². The summed E-state index contributed by atoms with van der Waals surface area (Å²) >= 11 is 1.72. The van der Waals surface area contributed by atoms with Gasteiger partial charge in [0.25, 0.3) is 0 Å². The summed E-state index contributed by atoms with van der Waals surface area (Å²) in [6.07, 6.45) is 4.59. The second kappa shape index (κ2) is 8.76. The summed E-state index contributed by atoms with van der Waals surface area (Å²) < 4.78 is 17.0. The Morgan fingerprint density at radius 1 is 1.29 bits per heavy atom. The van der Waals surface area contributed by atoms with E-state index in [-0.39, 0.29) is 5.60 Å². The van der Waals surface area contributed by atoms with Gasteiger partial charge in [0.15, 0.2) is 0 Å². The van der Waals surface area contributed by atoms with Crippen molar-refractivity contribution in [3.05, 3.63) is 28.0 Å². The van der Waals surface area contributed by atoms with Crippen LogP contribution in [0, 0.1) is 6.92 Å². The van der Waals surface area contributed by atoms with Crippen molar-refractivity contribution < 1.29 is 14.2 Å². The second-order valence-corrected chi connectivity index (χ2v) is 9.96. The molecule has 1 fully saturated rings. The quantitative estimate of drug-likeness (QED) is 0.387. The summed E-state index contributed by atoms with van der Waals surface area (Å²) in [5.41, 5.74) is 3.32. The van der Waals surface area contributed by atoms with Gasteiger partial charge in [-0.05, 0) is 33.3 Å². The van der Waals surface area contributed by atoms with E-state index in [1.54, 1.807) is 18.4 Å². The number of methoxy groups -OCH3 is 1. The normalized spacial score (nSPS) is 19.2. The maximum atomic E-state index is 6.21. The van der Waals surface area contributed by atoms with Crippen LogP contribution in [0.1, 0.15) is 36.8 Å². The molecular weight excluding hydrogens is 412 g/mol. The maximum absolute atomic E-state index is 6.21. The summed E-state index contributed by atoms with van der Waals surface area (Å²) in [4.78, 5) is 16.5. The minimum Gasteiger partial charge on any atom is -0.500 e. The van der Waals surface area contributed by atoms with E-state index < -0.39 is 0 Å². The van der Waals surface area contributed by atoms with Crippen LogP contribution in [0.3, 0.4) is 0 Å². The Labute approximate surface area is 188 Å². The molecule has 2 aliphatic heterocycles. The van der Waals surface area contributed by atoms with Gasteiger partial charge >= 0.3 is 0 Å². The van der Waals surface area contributed by atoms with Gasteiger partial charge < -0.3 is 24.0 Å². The van der Waals surface area contributed by atoms with Crippen molar-refractivity contribution in [2.24, 2.45) is 4.99 Å². The van der Waals surface area contributed by atoms with Crippen LogP contribution in [0.15, 0.2) is 17.0 Å². The molecule has 31 heavy (non-hydrogen) atoms. The Morgan fingerprint density at radius 2 is 2.03 bits per heavy atom. The summed E-state index contributed by atoms with van der Waals surface area (Å²) in [6.45, 7) is 12.1. The molecule has 2 aliphatic rings. The highest BCUT2D eigenvalue weighted by Crippen LogP contribution is 2.45. The van der Waals surface area contributed by atoms with Gasteiger partial charge in [-0.1, -0.05) is 0 Å². The van der Waals surface area contributed by atoms with Gasteiger partial charge in [0, 0.05) is 48.6 Å². The first kappa shape index (κ1) is 22.0. The summed E-state index contributed by atoms with van der Waals surface area (Å²) in [7, 11) is 3.62. The van der Waals surface area contributed by atoms with Gasteiger partial charge in [-0.2, -0.15) is 0 Å². The third kappa shape index (κ3) is 4.56. The minimum absolute atomic E-state index is 0.213. The zero-order valence-electron chi connectivity index (χ0n) is 19.3. The van der Waals surface area contributed by atoms with Crippen LogP contribution < -0.4 is 4.90 Å². The summed E-state index contributed by atoms with van der Waals surface area (Å²) in [6, 6.07) is 0. The fourth-order valence-corrected chi connectivity index (χ4v) is 5.12. The summed E-state index contributed by atoms with van der Waals surface area (Å²) in [5.74, 6) is 1.88. The largest absolute Gasteiger partial charge is 0.500 e. The lowest BCUT2D eigenvalue weighted by Gasteiger charge is -2.36. The first-order valence-electron chi connectivity index (χ1n) is 10.7. The summed E-state index contributed by atoms with van der Waals surface area (Å²) in [5, 5.41) is 1.17. The van der Waals surface area contributed by atoms with Crippen molar-refractivity contribution in [2.45, 2.75) is 46.3 Å². The number of fused-ring (bicyclic) bond motifs is 3. The molecule has 8 heteroatoms.